The zero-order valence-corrected chi connectivity index (χ0v) is 36.4. The van der Waals surface area contributed by atoms with Gasteiger partial charge in [0.1, 0.15) is 0 Å². The normalized spacial score (nSPS) is 11.8. The zero-order valence-electron chi connectivity index (χ0n) is 36.4. The molecule has 11 aromatic rings. The maximum absolute atomic E-state index is 15.0. The van der Waals surface area contributed by atoms with Gasteiger partial charge in [0.05, 0.1) is 69.3 Å². The summed E-state index contributed by atoms with van der Waals surface area (Å²) >= 11 is 0. The van der Waals surface area contributed by atoms with Gasteiger partial charge in [-0.1, -0.05) is 97.1 Å². The minimum absolute atomic E-state index is 0.00732. The van der Waals surface area contributed by atoms with E-state index in [-0.39, 0.29) is 17.3 Å². The molecule has 11 heteroatoms. The molecule has 11 rings (SSSR count). The number of nitrogens with zero attached hydrogens (tertiary/aromatic N) is 5. The van der Waals surface area contributed by atoms with Crippen molar-refractivity contribution in [1.82, 2.24) is 9.13 Å². The number of halogens is 6. The molecule has 0 N–H and O–H groups in total. The summed E-state index contributed by atoms with van der Waals surface area (Å²) in [6, 6.07) is 55.8. The van der Waals surface area contributed by atoms with Crippen molar-refractivity contribution in [2.24, 2.45) is 0 Å². The van der Waals surface area contributed by atoms with Gasteiger partial charge in [-0.25, -0.2) is 9.69 Å². The third-order valence-electron chi connectivity index (χ3n) is 12.8. The molecule has 0 bridgehead atoms. The van der Waals surface area contributed by atoms with Gasteiger partial charge < -0.3 is 9.13 Å². The summed E-state index contributed by atoms with van der Waals surface area (Å²) in [6.45, 7) is 15.8. The maximum atomic E-state index is 15.0. The lowest BCUT2D eigenvalue weighted by atomic mass is 9.92. The molecule has 0 saturated carbocycles. The van der Waals surface area contributed by atoms with Gasteiger partial charge in [0.15, 0.2) is 11.4 Å². The van der Waals surface area contributed by atoms with Crippen LogP contribution in [0.25, 0.3) is 109 Å². The van der Waals surface area contributed by atoms with Crippen LogP contribution in [0.4, 0.5) is 37.7 Å². The van der Waals surface area contributed by atoms with Gasteiger partial charge in [0, 0.05) is 27.1 Å². The summed E-state index contributed by atoms with van der Waals surface area (Å²) in [6.07, 6.45) is -10.2. The number of hydrogen-bond donors (Lipinski definition) is 0. The van der Waals surface area contributed by atoms with Crippen LogP contribution in [0, 0.1) is 24.5 Å². The molecular weight excluding hydrogens is 893 g/mol. The molecule has 0 fully saturated rings. The first-order valence-corrected chi connectivity index (χ1v) is 21.8. The van der Waals surface area contributed by atoms with E-state index in [1.807, 2.05) is 126 Å². The second-order valence-corrected chi connectivity index (χ2v) is 16.8. The van der Waals surface area contributed by atoms with Gasteiger partial charge >= 0.3 is 12.4 Å². The van der Waals surface area contributed by atoms with Crippen molar-refractivity contribution >= 4 is 55.0 Å². The molecule has 0 aliphatic carbocycles. The second-order valence-electron chi connectivity index (χ2n) is 16.8. The third kappa shape index (κ3) is 7.27. The van der Waals surface area contributed by atoms with Gasteiger partial charge in [-0.3, -0.25) is 0 Å². The molecule has 0 amide bonds. The number of fused-ring (bicyclic) bond motifs is 6. The predicted molar refractivity (Wildman–Crippen MR) is 264 cm³/mol. The van der Waals surface area contributed by atoms with Crippen LogP contribution < -0.4 is 0 Å². The molecule has 9 aromatic carbocycles. The minimum atomic E-state index is -5.15. The topological polar surface area (TPSA) is 42.4 Å². The lowest BCUT2D eigenvalue weighted by Crippen LogP contribution is -2.12. The molecule has 2 heterocycles. The number of benzene rings is 9. The standard InChI is InChI=1S/C59H31F6N5/c1-67-42-12-8-11-37(28-42)39-18-24-55-48(30-39)46-14-4-6-16-53(46)70(55)57-26-21-43(68-2)33-50(57)49-31-40(44-22-20-41(58(60,61)62)32-51(44)59(63,64)65)19-25-56(49)69-52-15-5-3-13-45(52)47-29-38(17-23-54(47)69)36-10-7-9-35(27-36)34-66/h3-33H. The van der Waals surface area contributed by atoms with Crippen molar-refractivity contribution in [3.05, 3.63) is 228 Å². The van der Waals surface area contributed by atoms with E-state index in [9.17, 15) is 31.6 Å². The Morgan fingerprint density at radius 2 is 0.914 bits per heavy atom. The Labute approximate surface area is 396 Å². The minimum Gasteiger partial charge on any atom is -0.309 e. The number of hydrogen-bond acceptors (Lipinski definition) is 1. The van der Waals surface area contributed by atoms with Crippen molar-refractivity contribution in [3.63, 3.8) is 0 Å². The fraction of sp³-hybridized carbons (Fsp3) is 0.0339. The van der Waals surface area contributed by atoms with Crippen LogP contribution in [0.5, 0.6) is 0 Å². The smallest absolute Gasteiger partial charge is 0.309 e. The van der Waals surface area contributed by atoms with Crippen LogP contribution in [0.3, 0.4) is 0 Å². The monoisotopic (exact) mass is 923 g/mol. The van der Waals surface area contributed by atoms with Crippen LogP contribution >= 0.6 is 0 Å². The maximum Gasteiger partial charge on any atom is 0.417 e. The Morgan fingerprint density at radius 3 is 1.50 bits per heavy atom. The molecule has 0 atom stereocenters. The molecule has 5 nitrogen and oxygen atoms in total. The molecule has 0 aliphatic rings. The molecule has 0 aliphatic heterocycles. The highest BCUT2D eigenvalue weighted by Crippen LogP contribution is 2.47. The molecule has 0 spiro atoms. The second kappa shape index (κ2) is 16.4. The Hall–Kier alpha value is -9.37. The highest BCUT2D eigenvalue weighted by atomic mass is 19.4. The van der Waals surface area contributed by atoms with E-state index in [2.05, 4.69) is 26.4 Å². The predicted octanol–water partition coefficient (Wildman–Crippen LogP) is 17.6. The van der Waals surface area contributed by atoms with Crippen LogP contribution in [-0.4, -0.2) is 9.13 Å². The average Bonchev–Trinajstić information content (AvgIpc) is 3.89. The van der Waals surface area contributed by atoms with E-state index < -0.39 is 29.0 Å². The molecule has 2 aromatic heterocycles. The van der Waals surface area contributed by atoms with Gasteiger partial charge in [-0.2, -0.15) is 31.6 Å². The summed E-state index contributed by atoms with van der Waals surface area (Å²) in [4.78, 5) is 7.42. The highest BCUT2D eigenvalue weighted by molar-refractivity contribution is 6.13. The van der Waals surface area contributed by atoms with E-state index in [4.69, 9.17) is 13.1 Å². The Bertz CT molecular complexity index is 4100. The van der Waals surface area contributed by atoms with Gasteiger partial charge in [-0.15, -0.1) is 0 Å². The molecule has 70 heavy (non-hydrogen) atoms. The van der Waals surface area contributed by atoms with E-state index >= 15 is 0 Å². The third-order valence-corrected chi connectivity index (χ3v) is 12.8. The Balaban J connectivity index is 1.22. The number of alkyl halides is 6. The molecule has 0 saturated heterocycles. The Morgan fingerprint density at radius 1 is 0.400 bits per heavy atom. The lowest BCUT2D eigenvalue weighted by Gasteiger charge is -2.21. The van der Waals surface area contributed by atoms with E-state index in [1.54, 1.807) is 36.4 Å². The quantitative estimate of drug-likeness (QED) is 0.121. The van der Waals surface area contributed by atoms with Crippen LogP contribution in [0.15, 0.2) is 188 Å². The first-order valence-electron chi connectivity index (χ1n) is 21.8. The van der Waals surface area contributed by atoms with Gasteiger partial charge in [-0.05, 0) is 130 Å². The summed E-state index contributed by atoms with van der Waals surface area (Å²) in [5.41, 5.74) is 6.42. The van der Waals surface area contributed by atoms with Crippen molar-refractivity contribution in [3.8, 4) is 62.0 Å². The van der Waals surface area contributed by atoms with Crippen LogP contribution in [0.1, 0.15) is 16.7 Å². The average molecular weight is 924 g/mol. The Kier molecular flexibility index (Phi) is 10.2. The SMILES string of the molecule is [C-]#[N+]c1cccc(-c2ccc3c(c2)c2ccccc2n3-c2ccc([N+]#[C-])cc2-c2cc(-c3ccc(C(F)(F)F)cc3C(F)(F)F)ccc2-n2c3ccccc3c3cc(-c4cccc(C#N)c4)ccc32)c1. The number of para-hydroxylation sites is 2. The fourth-order valence-electron chi connectivity index (χ4n) is 9.67. The van der Waals surface area contributed by atoms with Crippen molar-refractivity contribution in [2.75, 3.05) is 0 Å². The first kappa shape index (κ1) is 43.2. The largest absolute Gasteiger partial charge is 0.417 e. The molecule has 0 radical (unpaired) electrons. The summed E-state index contributed by atoms with van der Waals surface area (Å²) in [5, 5.41) is 13.2. The molecule has 0 unspecified atom stereocenters. The van der Waals surface area contributed by atoms with E-state index in [0.29, 0.717) is 39.8 Å². The van der Waals surface area contributed by atoms with Crippen molar-refractivity contribution in [1.29, 1.82) is 5.26 Å². The van der Waals surface area contributed by atoms with Gasteiger partial charge in [0.2, 0.25) is 0 Å². The fourth-order valence-corrected chi connectivity index (χ4v) is 9.67. The van der Waals surface area contributed by atoms with E-state index in [0.717, 1.165) is 71.9 Å². The number of nitriles is 1. The lowest BCUT2D eigenvalue weighted by molar-refractivity contribution is -0.142. The number of rotatable bonds is 6. The molecule has 334 valence electrons. The number of aromatic nitrogens is 2. The zero-order chi connectivity index (χ0) is 48.5. The van der Waals surface area contributed by atoms with Crippen LogP contribution in [-0.2, 0) is 12.4 Å². The van der Waals surface area contributed by atoms with E-state index in [1.165, 1.54) is 6.07 Å². The van der Waals surface area contributed by atoms with Crippen molar-refractivity contribution < 1.29 is 26.3 Å². The van der Waals surface area contributed by atoms with Crippen molar-refractivity contribution in [2.45, 2.75) is 12.4 Å². The summed E-state index contributed by atoms with van der Waals surface area (Å²) in [7, 11) is 0. The molecular formula is C59H31F6N5. The summed E-state index contributed by atoms with van der Waals surface area (Å²) in [5.74, 6) is 0. The first-order chi connectivity index (χ1) is 33.8. The highest BCUT2D eigenvalue weighted by Gasteiger charge is 2.38. The van der Waals surface area contributed by atoms with Crippen LogP contribution in [0.2, 0.25) is 0 Å². The van der Waals surface area contributed by atoms with Gasteiger partial charge in [0.25, 0.3) is 0 Å². The summed E-state index contributed by atoms with van der Waals surface area (Å²) < 4.78 is 90.9.